The van der Waals surface area contributed by atoms with Crippen molar-refractivity contribution in [2.45, 2.75) is 39.8 Å². The van der Waals surface area contributed by atoms with Crippen LogP contribution in [-0.2, 0) is 4.79 Å². The van der Waals surface area contributed by atoms with E-state index >= 15 is 0 Å². The molecule has 1 aromatic carbocycles. The average molecular weight is 426 g/mol. The van der Waals surface area contributed by atoms with E-state index < -0.39 is 0 Å². The molecule has 1 aliphatic heterocycles. The van der Waals surface area contributed by atoms with Crippen molar-refractivity contribution in [3.63, 3.8) is 0 Å². The number of pyridine rings is 1. The summed E-state index contributed by atoms with van der Waals surface area (Å²) < 4.78 is 6.21. The Labute approximate surface area is 183 Å². The SMILES string of the molecule is CC(=O)N(C)C[C@@H]1Oc2ncc(-c3ccccc3C)cc2C(=O)N([C@@H](C)CO)C[C@H]1C. The second kappa shape index (κ2) is 9.47. The summed E-state index contributed by atoms with van der Waals surface area (Å²) in [6.07, 6.45) is 1.37. The van der Waals surface area contributed by atoms with Gasteiger partial charge in [-0.25, -0.2) is 4.98 Å². The van der Waals surface area contributed by atoms with E-state index in [-0.39, 0.29) is 42.4 Å². The molecule has 0 saturated heterocycles. The lowest BCUT2D eigenvalue weighted by atomic mass is 9.98. The number of likely N-dealkylation sites (N-methyl/N-ethyl adjacent to an activating group) is 1. The van der Waals surface area contributed by atoms with E-state index in [9.17, 15) is 14.7 Å². The van der Waals surface area contributed by atoms with Crippen LogP contribution in [0.25, 0.3) is 11.1 Å². The largest absolute Gasteiger partial charge is 0.472 e. The number of rotatable bonds is 5. The van der Waals surface area contributed by atoms with Crippen molar-refractivity contribution >= 4 is 11.8 Å². The number of fused-ring (bicyclic) bond motifs is 1. The molecule has 2 heterocycles. The Kier molecular flexibility index (Phi) is 6.95. The minimum atomic E-state index is -0.353. The number of aliphatic hydroxyl groups is 1. The third kappa shape index (κ3) is 4.88. The van der Waals surface area contributed by atoms with E-state index in [0.29, 0.717) is 18.7 Å². The molecule has 7 nitrogen and oxygen atoms in total. The highest BCUT2D eigenvalue weighted by atomic mass is 16.5. The number of hydrogen-bond acceptors (Lipinski definition) is 5. The van der Waals surface area contributed by atoms with Gasteiger partial charge in [0.1, 0.15) is 11.7 Å². The smallest absolute Gasteiger partial charge is 0.259 e. The van der Waals surface area contributed by atoms with Gasteiger partial charge in [-0.3, -0.25) is 9.59 Å². The number of aliphatic hydroxyl groups excluding tert-OH is 1. The van der Waals surface area contributed by atoms with Crippen LogP contribution in [-0.4, -0.2) is 70.6 Å². The van der Waals surface area contributed by atoms with Gasteiger partial charge in [-0.2, -0.15) is 0 Å². The molecule has 1 aromatic heterocycles. The molecule has 0 fully saturated rings. The first kappa shape index (κ1) is 22.7. The molecule has 2 amide bonds. The van der Waals surface area contributed by atoms with E-state index in [2.05, 4.69) is 4.98 Å². The first-order chi connectivity index (χ1) is 14.7. The Morgan fingerprint density at radius 1 is 1.35 bits per heavy atom. The summed E-state index contributed by atoms with van der Waals surface area (Å²) in [4.78, 5) is 33.0. The first-order valence-electron chi connectivity index (χ1n) is 10.6. The number of hydrogen-bond donors (Lipinski definition) is 1. The van der Waals surface area contributed by atoms with Gasteiger partial charge in [-0.1, -0.05) is 31.2 Å². The molecule has 3 rings (SSSR count). The van der Waals surface area contributed by atoms with E-state index in [1.54, 1.807) is 23.0 Å². The van der Waals surface area contributed by atoms with Crippen molar-refractivity contribution in [3.8, 4) is 17.0 Å². The lowest BCUT2D eigenvalue weighted by molar-refractivity contribution is -0.129. The fourth-order valence-electron chi connectivity index (χ4n) is 3.76. The highest BCUT2D eigenvalue weighted by molar-refractivity contribution is 5.98. The number of aryl methyl sites for hydroxylation is 1. The van der Waals surface area contributed by atoms with Crippen molar-refractivity contribution in [1.29, 1.82) is 0 Å². The van der Waals surface area contributed by atoms with Gasteiger partial charge in [0.05, 0.1) is 19.2 Å². The van der Waals surface area contributed by atoms with E-state index in [1.807, 2.05) is 51.1 Å². The van der Waals surface area contributed by atoms with Crippen molar-refractivity contribution in [3.05, 3.63) is 47.7 Å². The predicted molar refractivity (Wildman–Crippen MR) is 119 cm³/mol. The van der Waals surface area contributed by atoms with Gasteiger partial charge in [0.25, 0.3) is 5.91 Å². The molecule has 0 radical (unpaired) electrons. The van der Waals surface area contributed by atoms with Gasteiger partial charge in [0.15, 0.2) is 0 Å². The molecule has 0 aliphatic carbocycles. The second-order valence-corrected chi connectivity index (χ2v) is 8.41. The lowest BCUT2D eigenvalue weighted by Crippen LogP contribution is -2.50. The lowest BCUT2D eigenvalue weighted by Gasteiger charge is -2.37. The summed E-state index contributed by atoms with van der Waals surface area (Å²) in [7, 11) is 1.73. The van der Waals surface area contributed by atoms with Crippen LogP contribution < -0.4 is 4.74 Å². The molecule has 0 saturated carbocycles. The fourth-order valence-corrected chi connectivity index (χ4v) is 3.76. The van der Waals surface area contributed by atoms with Crippen LogP contribution >= 0.6 is 0 Å². The molecule has 31 heavy (non-hydrogen) atoms. The summed E-state index contributed by atoms with van der Waals surface area (Å²) in [5, 5.41) is 9.76. The summed E-state index contributed by atoms with van der Waals surface area (Å²) in [6, 6.07) is 9.39. The maximum atomic E-state index is 13.5. The van der Waals surface area contributed by atoms with Crippen LogP contribution in [0, 0.1) is 12.8 Å². The van der Waals surface area contributed by atoms with Crippen LogP contribution in [0.2, 0.25) is 0 Å². The number of nitrogens with zero attached hydrogens (tertiary/aromatic N) is 3. The zero-order valence-corrected chi connectivity index (χ0v) is 18.8. The second-order valence-electron chi connectivity index (χ2n) is 8.41. The van der Waals surface area contributed by atoms with Gasteiger partial charge in [-0.05, 0) is 31.0 Å². The Hall–Kier alpha value is -2.93. The van der Waals surface area contributed by atoms with Crippen LogP contribution in [0.3, 0.4) is 0 Å². The minimum Gasteiger partial charge on any atom is -0.472 e. The number of benzene rings is 1. The molecule has 0 spiro atoms. The van der Waals surface area contributed by atoms with Crippen LogP contribution in [0.15, 0.2) is 36.5 Å². The summed E-state index contributed by atoms with van der Waals surface area (Å²) >= 11 is 0. The zero-order chi connectivity index (χ0) is 22.7. The number of aromatic nitrogens is 1. The molecule has 2 aromatic rings. The minimum absolute atomic E-state index is 0.0578. The Morgan fingerprint density at radius 2 is 2.06 bits per heavy atom. The Morgan fingerprint density at radius 3 is 2.71 bits per heavy atom. The molecular weight excluding hydrogens is 394 g/mol. The van der Waals surface area contributed by atoms with Gasteiger partial charge in [-0.15, -0.1) is 0 Å². The van der Waals surface area contributed by atoms with E-state index in [0.717, 1.165) is 16.7 Å². The van der Waals surface area contributed by atoms with Crippen molar-refractivity contribution in [2.24, 2.45) is 5.92 Å². The number of carbonyl (C=O) groups is 2. The highest BCUT2D eigenvalue weighted by Gasteiger charge is 2.34. The fraction of sp³-hybridized carbons (Fsp3) is 0.458. The maximum Gasteiger partial charge on any atom is 0.259 e. The standard InChI is InChI=1S/C24H31N3O4/c1-15-8-6-7-9-20(15)19-10-21-23(25-11-19)31-22(13-26(5)18(4)29)16(2)12-27(24(21)30)17(3)14-28/h6-11,16-17,22,28H,12-14H2,1-5H3/t16-,17+,22+/m1/s1. The molecule has 3 atom stereocenters. The highest BCUT2D eigenvalue weighted by Crippen LogP contribution is 2.31. The topological polar surface area (TPSA) is 83.0 Å². The maximum absolute atomic E-state index is 13.5. The molecule has 1 N–H and O–H groups in total. The number of amides is 2. The molecule has 0 bridgehead atoms. The number of carbonyl (C=O) groups excluding carboxylic acids is 2. The summed E-state index contributed by atoms with van der Waals surface area (Å²) in [5.74, 6) is -0.0842. The monoisotopic (exact) mass is 425 g/mol. The van der Waals surface area contributed by atoms with Crippen molar-refractivity contribution in [2.75, 3.05) is 26.7 Å². The third-order valence-corrected chi connectivity index (χ3v) is 5.97. The molecular formula is C24H31N3O4. The normalized spacial score (nSPS) is 19.7. The third-order valence-electron chi connectivity index (χ3n) is 5.97. The number of ether oxygens (including phenoxy) is 1. The van der Waals surface area contributed by atoms with Crippen LogP contribution in [0.1, 0.15) is 36.7 Å². The van der Waals surface area contributed by atoms with Gasteiger partial charge < -0.3 is 19.6 Å². The van der Waals surface area contributed by atoms with Crippen molar-refractivity contribution in [1.82, 2.24) is 14.8 Å². The molecule has 7 heteroatoms. The Bertz CT molecular complexity index is 962. The quantitative estimate of drug-likeness (QED) is 0.797. The summed E-state index contributed by atoms with van der Waals surface area (Å²) in [6.45, 7) is 7.98. The van der Waals surface area contributed by atoms with Crippen LogP contribution in [0.4, 0.5) is 0 Å². The molecule has 1 aliphatic rings. The summed E-state index contributed by atoms with van der Waals surface area (Å²) in [5.41, 5.74) is 3.27. The van der Waals surface area contributed by atoms with E-state index in [4.69, 9.17) is 4.74 Å². The molecule has 166 valence electrons. The van der Waals surface area contributed by atoms with Gasteiger partial charge in [0, 0.05) is 38.2 Å². The predicted octanol–water partition coefficient (Wildman–Crippen LogP) is 2.76. The Balaban J connectivity index is 2.07. The van der Waals surface area contributed by atoms with Crippen molar-refractivity contribution < 1.29 is 19.4 Å². The molecule has 0 unspecified atom stereocenters. The van der Waals surface area contributed by atoms with Gasteiger partial charge in [0.2, 0.25) is 11.8 Å². The van der Waals surface area contributed by atoms with Crippen LogP contribution in [0.5, 0.6) is 5.88 Å². The zero-order valence-electron chi connectivity index (χ0n) is 18.8. The van der Waals surface area contributed by atoms with Gasteiger partial charge >= 0.3 is 0 Å². The average Bonchev–Trinajstić information content (AvgIpc) is 2.75. The first-order valence-corrected chi connectivity index (χ1v) is 10.6. The van der Waals surface area contributed by atoms with E-state index in [1.165, 1.54) is 6.92 Å².